The molecule has 504 valence electrons. The summed E-state index contributed by atoms with van der Waals surface area (Å²) in [6.45, 7) is 10.4. The van der Waals surface area contributed by atoms with Crippen molar-refractivity contribution in [2.45, 2.75) is 220 Å². The number of hydrogen-bond donors (Lipinski definition) is 2. The molecule has 0 aliphatic carbocycles. The molecule has 4 saturated heterocycles. The van der Waals surface area contributed by atoms with Crippen LogP contribution in [0.2, 0.25) is 0 Å². The van der Waals surface area contributed by atoms with Gasteiger partial charge in [-0.2, -0.15) is 0 Å². The fourth-order valence-electron chi connectivity index (χ4n) is 9.56. The lowest BCUT2D eigenvalue weighted by Gasteiger charge is -2.49. The van der Waals surface area contributed by atoms with Crippen LogP contribution < -0.4 is 10.6 Å². The van der Waals surface area contributed by atoms with Crippen molar-refractivity contribution in [2.24, 2.45) is 0 Å². The van der Waals surface area contributed by atoms with Gasteiger partial charge in [-0.05, 0) is 12.2 Å². The van der Waals surface area contributed by atoms with Crippen LogP contribution in [0.4, 0.5) is 0 Å². The van der Waals surface area contributed by atoms with E-state index in [2.05, 4.69) is 10.6 Å². The molecule has 4 aliphatic rings. The fraction of sp³-hybridized carbons (Fsp3) is 0.717. The van der Waals surface area contributed by atoms with Gasteiger partial charge in [0.1, 0.15) is 63.1 Å². The highest BCUT2D eigenvalue weighted by molar-refractivity contribution is 7.80. The van der Waals surface area contributed by atoms with Crippen LogP contribution in [-0.4, -0.2) is 238 Å². The van der Waals surface area contributed by atoms with Gasteiger partial charge in [-0.3, -0.25) is 67.1 Å². The van der Waals surface area contributed by atoms with Gasteiger partial charge in [0.15, 0.2) is 91.2 Å². The first-order valence-corrected chi connectivity index (χ1v) is 27.7. The smallest absolute Gasteiger partial charge is 0.303 e. The van der Waals surface area contributed by atoms with Crippen molar-refractivity contribution in [3.05, 3.63) is 0 Å². The van der Waals surface area contributed by atoms with E-state index >= 15 is 0 Å². The summed E-state index contributed by atoms with van der Waals surface area (Å²) in [5.41, 5.74) is 0. The quantitative estimate of drug-likeness (QED) is 0.0582. The number of rotatable bonds is 24. The highest BCUT2D eigenvalue weighted by Crippen LogP contribution is 2.38. The Hall–Kier alpha value is -7.97. The van der Waals surface area contributed by atoms with Crippen LogP contribution in [0, 0.1) is 0 Å². The Kier molecular flexibility index (Phi) is 28.4. The molecular formula is C53H72N2O34S. The van der Waals surface area contributed by atoms with E-state index in [0.29, 0.717) is 0 Å². The van der Waals surface area contributed by atoms with E-state index < -0.39 is 238 Å². The number of thiocarbonyl (C=S) groups is 1. The maximum Gasteiger partial charge on any atom is 0.303 e. The topological polar surface area (TPSA) is 448 Å². The van der Waals surface area contributed by atoms with Gasteiger partial charge in [0.05, 0.1) is 0 Å². The third-order valence-corrected chi connectivity index (χ3v) is 12.6. The second-order valence-corrected chi connectivity index (χ2v) is 20.5. The highest BCUT2D eigenvalue weighted by Gasteiger charge is 2.60. The predicted molar refractivity (Wildman–Crippen MR) is 285 cm³/mol. The maximum atomic E-state index is 13.2. The van der Waals surface area contributed by atoms with Gasteiger partial charge < -0.3 is 105 Å². The van der Waals surface area contributed by atoms with Gasteiger partial charge in [0.25, 0.3) is 0 Å². The molecule has 4 aliphatic heterocycles. The molecule has 4 rings (SSSR count). The molecule has 90 heavy (non-hydrogen) atoms. The molecular weight excluding hydrogens is 1240 g/mol. The van der Waals surface area contributed by atoms with Gasteiger partial charge in [-0.1, -0.05) is 0 Å². The van der Waals surface area contributed by atoms with E-state index in [9.17, 15) is 67.1 Å². The minimum Gasteiger partial charge on any atom is -0.463 e. The summed E-state index contributed by atoms with van der Waals surface area (Å²) in [5.74, 6) is -14.0. The van der Waals surface area contributed by atoms with Crippen molar-refractivity contribution in [3.8, 4) is 0 Å². The van der Waals surface area contributed by atoms with Crippen LogP contribution in [0.5, 0.6) is 0 Å². The molecule has 2 N–H and O–H groups in total. The number of ether oxygens (including phenoxy) is 20. The van der Waals surface area contributed by atoms with Crippen molar-refractivity contribution in [3.63, 3.8) is 0 Å². The van der Waals surface area contributed by atoms with Gasteiger partial charge >= 0.3 is 83.6 Å². The molecule has 37 heteroatoms. The zero-order valence-electron chi connectivity index (χ0n) is 51.2. The Bertz CT molecular complexity index is 2500. The molecule has 0 spiro atoms. The van der Waals surface area contributed by atoms with E-state index in [1.165, 1.54) is 0 Å². The van der Waals surface area contributed by atoms with E-state index in [-0.39, 0.29) is 0 Å². The molecule has 20 atom stereocenters. The molecule has 0 radical (unpaired) electrons. The predicted octanol–water partition coefficient (Wildman–Crippen LogP) is -2.31. The van der Waals surface area contributed by atoms with Crippen LogP contribution in [0.3, 0.4) is 0 Å². The van der Waals surface area contributed by atoms with Crippen molar-refractivity contribution in [1.82, 2.24) is 10.6 Å². The van der Waals surface area contributed by atoms with Gasteiger partial charge in [-0.15, -0.1) is 0 Å². The summed E-state index contributed by atoms with van der Waals surface area (Å²) in [6, 6.07) is 0. The number of carbonyl (C=O) groups excluding carboxylic acids is 14. The average molecular weight is 1310 g/mol. The van der Waals surface area contributed by atoms with Crippen molar-refractivity contribution < 1.29 is 162 Å². The minimum absolute atomic E-state index is 0.613. The van der Waals surface area contributed by atoms with Gasteiger partial charge in [0.2, 0.25) is 0 Å². The summed E-state index contributed by atoms with van der Waals surface area (Å²) in [7, 11) is 0. The maximum absolute atomic E-state index is 13.2. The van der Waals surface area contributed by atoms with E-state index in [1.807, 2.05) is 0 Å². The normalized spacial score (nSPS) is 31.1. The molecule has 0 amide bonds. The molecule has 0 aromatic carbocycles. The minimum atomic E-state index is -2.03. The fourth-order valence-corrected chi connectivity index (χ4v) is 9.79. The monoisotopic (exact) mass is 1310 g/mol. The van der Waals surface area contributed by atoms with Crippen LogP contribution >= 0.6 is 12.2 Å². The van der Waals surface area contributed by atoms with Crippen molar-refractivity contribution in [2.75, 3.05) is 26.4 Å². The second-order valence-electron chi connectivity index (χ2n) is 20.0. The summed E-state index contributed by atoms with van der Waals surface area (Å²) in [4.78, 5) is 177. The molecule has 0 aromatic heterocycles. The van der Waals surface area contributed by atoms with E-state index in [4.69, 9.17) is 107 Å². The van der Waals surface area contributed by atoms with Crippen LogP contribution in [0.15, 0.2) is 0 Å². The number of hydrogen-bond acceptors (Lipinski definition) is 35. The molecule has 36 nitrogen and oxygen atoms in total. The molecule has 4 heterocycles. The molecule has 0 unspecified atom stereocenters. The summed E-state index contributed by atoms with van der Waals surface area (Å²) < 4.78 is 115. The molecule has 0 saturated carbocycles. The van der Waals surface area contributed by atoms with Gasteiger partial charge in [0, 0.05) is 96.9 Å². The Morgan fingerprint density at radius 3 is 0.700 bits per heavy atom. The number of esters is 14. The SMILES string of the molecule is CC(=O)OC[C@H]1O[C@@H](NC(=S)N[C@@H]2O[C@H](COC(C)=O)[C@@H](O[C@@H]3O[C@H](COC(C)=O)[C@@H](OC(C)=O)[C@H](OC(C)=O)[C@H]3OC(C)=O)[C@H](OC(C)=O)[C@H]2OC(C)=O)[C@H](OC(C)=O)[C@@H](OC(C)=O)[C@@H]1O[C@@H]1O[C@H](COC(C)=O)[C@@H](OC(C)=O)[C@H](OC(C)=O)[C@H]1OC(C)=O. The summed E-state index contributed by atoms with van der Waals surface area (Å²) in [5, 5.41) is 4.78. The molecule has 0 aromatic rings. The third kappa shape index (κ3) is 22.8. The Morgan fingerprint density at radius 2 is 0.467 bits per heavy atom. The van der Waals surface area contributed by atoms with E-state index in [0.717, 1.165) is 96.9 Å². The lowest BCUT2D eigenvalue weighted by molar-refractivity contribution is -0.346. The summed E-state index contributed by atoms with van der Waals surface area (Å²) >= 11 is 5.74. The van der Waals surface area contributed by atoms with Crippen molar-refractivity contribution in [1.29, 1.82) is 0 Å². The largest absolute Gasteiger partial charge is 0.463 e. The summed E-state index contributed by atoms with van der Waals surface area (Å²) in [6.07, 6.45) is -36.8. The molecule has 4 fully saturated rings. The van der Waals surface area contributed by atoms with E-state index in [1.54, 1.807) is 0 Å². The lowest BCUT2D eigenvalue weighted by atomic mass is 9.95. The number of carbonyl (C=O) groups is 14. The number of nitrogens with one attached hydrogen (secondary N) is 2. The van der Waals surface area contributed by atoms with Crippen molar-refractivity contribution >= 4 is 101 Å². The first-order chi connectivity index (χ1) is 42.0. The Morgan fingerprint density at radius 1 is 0.267 bits per heavy atom. The average Bonchev–Trinajstić information content (AvgIpc) is 0.803. The lowest BCUT2D eigenvalue weighted by Crippen LogP contribution is -2.71. The zero-order valence-corrected chi connectivity index (χ0v) is 52.0. The third-order valence-electron chi connectivity index (χ3n) is 12.4. The van der Waals surface area contributed by atoms with Crippen LogP contribution in [0.1, 0.15) is 96.9 Å². The first kappa shape index (κ1) is 74.5. The van der Waals surface area contributed by atoms with Crippen LogP contribution in [-0.2, 0) is 162 Å². The second kappa shape index (κ2) is 34.3. The first-order valence-electron chi connectivity index (χ1n) is 27.3. The zero-order chi connectivity index (χ0) is 67.6. The Labute approximate surface area is 518 Å². The highest BCUT2D eigenvalue weighted by atomic mass is 32.1. The van der Waals surface area contributed by atoms with Crippen LogP contribution in [0.25, 0.3) is 0 Å². The van der Waals surface area contributed by atoms with Gasteiger partial charge in [-0.25, -0.2) is 0 Å². The standard InChI is InChI=1S/C53H72N2O34S/c1-19(56)70-15-33-39(88-51-47(82-31(13)68)43(78-27(9)64)37(74-23(5)60)35(86-51)17-72-21(3)58)41(76-25(7)62)45(80-29(11)66)49(84-33)54-53(90)55-50-46(81-30(12)67)42(77-26(8)63)40(34(85-50)16-71-20(2)57)89-52-48(83-32(14)69)44(79-28(10)65)38(75-24(6)61)36(87-52)18-73-22(4)59/h33-52H,15-18H2,1-14H3,(H2,54,55,90)/t33-,34-,35-,36-,37-,38-,39-,40-,41+,42+,43+,44+,45-,46-,47-,48-,49-,50-,51+,52+/m1/s1. The Balaban J connectivity index is 1.87. The molecule has 0 bridgehead atoms.